The third-order valence-electron chi connectivity index (χ3n) is 3.08. The van der Waals surface area contributed by atoms with Crippen molar-refractivity contribution in [3.8, 4) is 0 Å². The van der Waals surface area contributed by atoms with E-state index in [9.17, 15) is 9.90 Å². The second kappa shape index (κ2) is 5.51. The number of allylic oxidation sites excluding steroid dienone is 1. The molecule has 1 amide bonds. The molecule has 1 aliphatic rings. The van der Waals surface area contributed by atoms with E-state index in [0.717, 1.165) is 12.8 Å². The third-order valence-corrected chi connectivity index (χ3v) is 3.08. The normalized spacial score (nSPS) is 24.6. The van der Waals surface area contributed by atoms with Crippen LogP contribution in [0.5, 0.6) is 0 Å². The van der Waals surface area contributed by atoms with Crippen molar-refractivity contribution in [2.75, 3.05) is 6.61 Å². The SMILES string of the molecule is C=CCCC[C@@H](O)[C@@H]1COC(C)(C)N1C(=O)O. The van der Waals surface area contributed by atoms with Crippen LogP contribution < -0.4 is 0 Å². The molecule has 5 nitrogen and oxygen atoms in total. The molecule has 2 atom stereocenters. The molecule has 98 valence electrons. The van der Waals surface area contributed by atoms with Crippen LogP contribution in [0.4, 0.5) is 4.79 Å². The fourth-order valence-corrected chi connectivity index (χ4v) is 2.15. The Morgan fingerprint density at radius 2 is 2.35 bits per heavy atom. The number of hydrogen-bond donors (Lipinski definition) is 2. The van der Waals surface area contributed by atoms with Gasteiger partial charge in [0.1, 0.15) is 5.72 Å². The highest BCUT2D eigenvalue weighted by molar-refractivity contribution is 5.66. The largest absolute Gasteiger partial charge is 0.465 e. The number of ether oxygens (including phenoxy) is 1. The van der Waals surface area contributed by atoms with Crippen LogP contribution in [0.3, 0.4) is 0 Å². The molecule has 1 aliphatic heterocycles. The monoisotopic (exact) mass is 243 g/mol. The van der Waals surface area contributed by atoms with E-state index in [1.807, 2.05) is 0 Å². The fourth-order valence-electron chi connectivity index (χ4n) is 2.15. The minimum atomic E-state index is -1.06. The van der Waals surface area contributed by atoms with Gasteiger partial charge in [0, 0.05) is 0 Å². The zero-order chi connectivity index (χ0) is 13.1. The molecule has 1 rings (SSSR count). The van der Waals surface area contributed by atoms with Gasteiger partial charge in [-0.2, -0.15) is 0 Å². The second-order valence-electron chi connectivity index (χ2n) is 4.76. The average molecular weight is 243 g/mol. The van der Waals surface area contributed by atoms with E-state index in [2.05, 4.69) is 6.58 Å². The van der Waals surface area contributed by atoms with Crippen LogP contribution >= 0.6 is 0 Å². The summed E-state index contributed by atoms with van der Waals surface area (Å²) in [6, 6.07) is -0.479. The summed E-state index contributed by atoms with van der Waals surface area (Å²) in [5.41, 5.74) is -0.865. The Morgan fingerprint density at radius 3 is 2.88 bits per heavy atom. The summed E-state index contributed by atoms with van der Waals surface area (Å²) in [6.07, 6.45) is 2.22. The minimum Gasteiger partial charge on any atom is -0.465 e. The second-order valence-corrected chi connectivity index (χ2v) is 4.76. The number of amides is 1. The maximum absolute atomic E-state index is 11.2. The smallest absolute Gasteiger partial charge is 0.409 e. The first-order valence-electron chi connectivity index (χ1n) is 5.85. The highest BCUT2D eigenvalue weighted by Crippen LogP contribution is 2.30. The average Bonchev–Trinajstić information content (AvgIpc) is 2.54. The van der Waals surface area contributed by atoms with Crippen molar-refractivity contribution in [3.63, 3.8) is 0 Å². The predicted molar refractivity (Wildman–Crippen MR) is 63.7 cm³/mol. The number of nitrogens with zero attached hydrogens (tertiary/aromatic N) is 1. The Hall–Kier alpha value is -1.07. The zero-order valence-corrected chi connectivity index (χ0v) is 10.4. The number of rotatable bonds is 5. The Morgan fingerprint density at radius 1 is 1.71 bits per heavy atom. The summed E-state index contributed by atoms with van der Waals surface area (Å²) in [5, 5.41) is 19.2. The molecule has 0 aromatic rings. The van der Waals surface area contributed by atoms with Crippen molar-refractivity contribution in [3.05, 3.63) is 12.7 Å². The first-order chi connectivity index (χ1) is 7.90. The number of aliphatic hydroxyl groups excluding tert-OH is 1. The number of hydrogen-bond acceptors (Lipinski definition) is 3. The molecule has 0 radical (unpaired) electrons. The van der Waals surface area contributed by atoms with Gasteiger partial charge in [-0.1, -0.05) is 6.08 Å². The van der Waals surface area contributed by atoms with Gasteiger partial charge in [0.15, 0.2) is 0 Å². The molecule has 0 saturated carbocycles. The third kappa shape index (κ3) is 3.20. The Labute approximate surface area is 102 Å². The van der Waals surface area contributed by atoms with Gasteiger partial charge >= 0.3 is 6.09 Å². The van der Waals surface area contributed by atoms with Gasteiger partial charge in [0.05, 0.1) is 18.8 Å². The Bertz CT molecular complexity index is 290. The van der Waals surface area contributed by atoms with Crippen LogP contribution in [0.1, 0.15) is 33.1 Å². The van der Waals surface area contributed by atoms with Crippen LogP contribution in [-0.4, -0.2) is 45.7 Å². The van der Waals surface area contributed by atoms with E-state index < -0.39 is 24.0 Å². The van der Waals surface area contributed by atoms with Crippen LogP contribution in [0.15, 0.2) is 12.7 Å². The number of aliphatic hydroxyl groups is 1. The lowest BCUT2D eigenvalue weighted by molar-refractivity contribution is -0.0468. The van der Waals surface area contributed by atoms with E-state index in [0.29, 0.717) is 6.42 Å². The summed E-state index contributed by atoms with van der Waals surface area (Å²) in [4.78, 5) is 12.4. The van der Waals surface area contributed by atoms with Crippen LogP contribution in [0, 0.1) is 0 Å². The maximum atomic E-state index is 11.2. The summed E-state index contributed by atoms with van der Waals surface area (Å²) in [7, 11) is 0. The predicted octanol–water partition coefficient (Wildman–Crippen LogP) is 1.82. The number of carboxylic acid groups (broad SMARTS) is 1. The van der Waals surface area contributed by atoms with Crippen molar-refractivity contribution in [2.45, 2.75) is 51.0 Å². The Balaban J connectivity index is 2.63. The first kappa shape index (κ1) is 14.0. The van der Waals surface area contributed by atoms with Gasteiger partial charge in [0.2, 0.25) is 0 Å². The van der Waals surface area contributed by atoms with Crippen molar-refractivity contribution in [1.82, 2.24) is 4.90 Å². The van der Waals surface area contributed by atoms with E-state index in [1.54, 1.807) is 19.9 Å². The van der Waals surface area contributed by atoms with Crippen LogP contribution in [0.2, 0.25) is 0 Å². The number of unbranched alkanes of at least 4 members (excludes halogenated alkanes) is 1. The molecule has 0 aromatic carbocycles. The van der Waals surface area contributed by atoms with Crippen LogP contribution in [-0.2, 0) is 4.74 Å². The Kier molecular flexibility index (Phi) is 4.54. The lowest BCUT2D eigenvalue weighted by atomic mass is 10.0. The topological polar surface area (TPSA) is 70.0 Å². The molecule has 0 aromatic heterocycles. The van der Waals surface area contributed by atoms with Crippen molar-refractivity contribution < 1.29 is 19.7 Å². The molecular formula is C12H21NO4. The molecule has 0 spiro atoms. The van der Waals surface area contributed by atoms with Gasteiger partial charge in [-0.25, -0.2) is 4.79 Å². The molecule has 1 heterocycles. The molecule has 5 heteroatoms. The molecule has 1 fully saturated rings. The quantitative estimate of drug-likeness (QED) is 0.571. The van der Waals surface area contributed by atoms with Crippen molar-refractivity contribution in [1.29, 1.82) is 0 Å². The standard InChI is InChI=1S/C12H21NO4/c1-4-5-6-7-10(14)9-8-17-12(2,3)13(9)11(15)16/h4,9-10,14H,1,5-8H2,2-3H3,(H,15,16)/t9-,10+/m0/s1. The molecule has 0 aliphatic carbocycles. The highest BCUT2D eigenvalue weighted by atomic mass is 16.5. The molecular weight excluding hydrogens is 222 g/mol. The lowest BCUT2D eigenvalue weighted by Gasteiger charge is -2.32. The van der Waals surface area contributed by atoms with Gasteiger partial charge < -0.3 is 14.9 Å². The molecule has 0 unspecified atom stereocenters. The van der Waals surface area contributed by atoms with Crippen molar-refractivity contribution >= 4 is 6.09 Å². The first-order valence-corrected chi connectivity index (χ1v) is 5.85. The van der Waals surface area contributed by atoms with Gasteiger partial charge in [-0.05, 0) is 33.1 Å². The summed E-state index contributed by atoms with van der Waals surface area (Å²) < 4.78 is 5.42. The van der Waals surface area contributed by atoms with E-state index in [-0.39, 0.29) is 6.61 Å². The zero-order valence-electron chi connectivity index (χ0n) is 10.4. The summed E-state index contributed by atoms with van der Waals surface area (Å²) in [6.45, 7) is 7.24. The summed E-state index contributed by atoms with van der Waals surface area (Å²) >= 11 is 0. The fraction of sp³-hybridized carbons (Fsp3) is 0.750. The van der Waals surface area contributed by atoms with Gasteiger partial charge in [-0.15, -0.1) is 6.58 Å². The number of carbonyl (C=O) groups is 1. The molecule has 17 heavy (non-hydrogen) atoms. The summed E-state index contributed by atoms with van der Waals surface area (Å²) in [5.74, 6) is 0. The van der Waals surface area contributed by atoms with Crippen molar-refractivity contribution in [2.24, 2.45) is 0 Å². The molecule has 1 saturated heterocycles. The van der Waals surface area contributed by atoms with Gasteiger partial charge in [0.25, 0.3) is 0 Å². The minimum absolute atomic E-state index is 0.245. The molecule has 0 bridgehead atoms. The maximum Gasteiger partial charge on any atom is 0.409 e. The van der Waals surface area contributed by atoms with E-state index >= 15 is 0 Å². The van der Waals surface area contributed by atoms with E-state index in [4.69, 9.17) is 9.84 Å². The van der Waals surface area contributed by atoms with Crippen LogP contribution in [0.25, 0.3) is 0 Å². The van der Waals surface area contributed by atoms with Gasteiger partial charge in [-0.3, -0.25) is 4.90 Å². The highest BCUT2D eigenvalue weighted by Gasteiger charge is 2.46. The van der Waals surface area contributed by atoms with E-state index in [1.165, 1.54) is 4.90 Å². The lowest BCUT2D eigenvalue weighted by Crippen LogP contribution is -2.51. The molecule has 2 N–H and O–H groups in total.